The number of phenols is 1. The first-order valence-electron chi connectivity index (χ1n) is 7.90. The van der Waals surface area contributed by atoms with Crippen LogP contribution in [-0.2, 0) is 6.54 Å². The lowest BCUT2D eigenvalue weighted by atomic mass is 10.0. The van der Waals surface area contributed by atoms with E-state index >= 15 is 0 Å². The predicted octanol–water partition coefficient (Wildman–Crippen LogP) is 5.53. The van der Waals surface area contributed by atoms with Gasteiger partial charge in [0, 0.05) is 28.0 Å². The fraction of sp³-hybridized carbons (Fsp3) is 0.444. The summed E-state index contributed by atoms with van der Waals surface area (Å²) < 4.78 is 0. The summed E-state index contributed by atoms with van der Waals surface area (Å²) in [6, 6.07) is 7.99. The molecule has 22 heavy (non-hydrogen) atoms. The van der Waals surface area contributed by atoms with Gasteiger partial charge in [0.05, 0.1) is 0 Å². The van der Waals surface area contributed by atoms with Crippen LogP contribution in [0.4, 0.5) is 0 Å². The van der Waals surface area contributed by atoms with Gasteiger partial charge in [0.1, 0.15) is 5.75 Å². The second-order valence-corrected chi connectivity index (χ2v) is 7.46. The number of benzene rings is 1. The Labute approximate surface area is 141 Å². The summed E-state index contributed by atoms with van der Waals surface area (Å²) in [5.74, 6) is 0.343. The maximum Gasteiger partial charge on any atom is 0.120 e. The molecule has 1 N–H and O–H groups in total. The molecule has 0 amide bonds. The third kappa shape index (κ3) is 3.48. The van der Waals surface area contributed by atoms with Gasteiger partial charge in [-0.1, -0.05) is 24.4 Å². The van der Waals surface area contributed by atoms with Crippen LogP contribution in [0.1, 0.15) is 47.7 Å². The topological polar surface area (TPSA) is 23.5 Å². The number of rotatable bonds is 3. The standard InChI is InChI=1S/C18H22ClNOS/c1-13-8-10-22-18(13)16-5-3-2-4-9-20(16)12-14-11-15(19)6-7-17(14)21/h6-8,10-11,16,21H,2-5,9,12H2,1H3/t16-/m1/s1. The fourth-order valence-electron chi connectivity index (χ4n) is 3.28. The van der Waals surface area contributed by atoms with Gasteiger partial charge in [-0.05, 0) is 61.5 Å². The first kappa shape index (κ1) is 15.9. The van der Waals surface area contributed by atoms with E-state index in [2.05, 4.69) is 23.3 Å². The maximum atomic E-state index is 10.1. The Bertz CT molecular complexity index is 640. The third-order valence-electron chi connectivity index (χ3n) is 4.48. The van der Waals surface area contributed by atoms with Crippen molar-refractivity contribution in [1.82, 2.24) is 4.90 Å². The number of hydrogen-bond acceptors (Lipinski definition) is 3. The summed E-state index contributed by atoms with van der Waals surface area (Å²) in [6.07, 6.45) is 4.99. The second-order valence-electron chi connectivity index (χ2n) is 6.08. The smallest absolute Gasteiger partial charge is 0.120 e. The number of thiophene rings is 1. The van der Waals surface area contributed by atoms with Crippen LogP contribution in [0.5, 0.6) is 5.75 Å². The van der Waals surface area contributed by atoms with E-state index in [0.29, 0.717) is 16.8 Å². The third-order valence-corrected chi connectivity index (χ3v) is 5.84. The van der Waals surface area contributed by atoms with Crippen molar-refractivity contribution in [3.05, 3.63) is 50.7 Å². The van der Waals surface area contributed by atoms with E-state index in [1.165, 1.54) is 36.1 Å². The Kier molecular flexibility index (Phi) is 5.07. The summed E-state index contributed by atoms with van der Waals surface area (Å²) in [7, 11) is 0. The Morgan fingerprint density at radius 2 is 2.14 bits per heavy atom. The molecule has 0 unspecified atom stereocenters. The molecule has 2 aromatic rings. The molecule has 1 aromatic heterocycles. The molecule has 4 heteroatoms. The van der Waals surface area contributed by atoms with Crippen molar-refractivity contribution < 1.29 is 5.11 Å². The Morgan fingerprint density at radius 3 is 2.91 bits per heavy atom. The first-order chi connectivity index (χ1) is 10.6. The largest absolute Gasteiger partial charge is 0.508 e. The van der Waals surface area contributed by atoms with Crippen LogP contribution in [0.25, 0.3) is 0 Å². The zero-order valence-electron chi connectivity index (χ0n) is 12.9. The molecule has 1 aromatic carbocycles. The molecule has 0 aliphatic carbocycles. The number of aromatic hydroxyl groups is 1. The number of likely N-dealkylation sites (tertiary alicyclic amines) is 1. The van der Waals surface area contributed by atoms with Crippen molar-refractivity contribution in [3.8, 4) is 5.75 Å². The van der Waals surface area contributed by atoms with Crippen molar-refractivity contribution in [3.63, 3.8) is 0 Å². The van der Waals surface area contributed by atoms with E-state index in [9.17, 15) is 5.11 Å². The van der Waals surface area contributed by atoms with E-state index in [0.717, 1.165) is 18.7 Å². The lowest BCUT2D eigenvalue weighted by Crippen LogP contribution is -2.28. The molecular formula is C18H22ClNOS. The van der Waals surface area contributed by atoms with E-state index in [4.69, 9.17) is 11.6 Å². The maximum absolute atomic E-state index is 10.1. The van der Waals surface area contributed by atoms with Crippen molar-refractivity contribution in [1.29, 1.82) is 0 Å². The van der Waals surface area contributed by atoms with E-state index in [1.54, 1.807) is 12.1 Å². The van der Waals surface area contributed by atoms with Crippen molar-refractivity contribution in [2.24, 2.45) is 0 Å². The van der Waals surface area contributed by atoms with Crippen molar-refractivity contribution in [2.45, 2.75) is 45.2 Å². The SMILES string of the molecule is Cc1ccsc1[C@H]1CCCCCN1Cc1cc(Cl)ccc1O. The van der Waals surface area contributed by atoms with Crippen LogP contribution < -0.4 is 0 Å². The Hall–Kier alpha value is -1.03. The molecule has 1 aliphatic heterocycles. The highest BCUT2D eigenvalue weighted by Crippen LogP contribution is 2.37. The van der Waals surface area contributed by atoms with Gasteiger partial charge >= 0.3 is 0 Å². The van der Waals surface area contributed by atoms with Crippen molar-refractivity contribution >= 4 is 22.9 Å². The number of phenolic OH excluding ortho intramolecular Hbond substituents is 1. The van der Waals surface area contributed by atoms with E-state index in [-0.39, 0.29) is 0 Å². The molecular weight excluding hydrogens is 314 g/mol. The summed E-state index contributed by atoms with van der Waals surface area (Å²) in [6.45, 7) is 4.04. The summed E-state index contributed by atoms with van der Waals surface area (Å²) in [4.78, 5) is 3.99. The monoisotopic (exact) mass is 335 g/mol. The fourth-order valence-corrected chi connectivity index (χ4v) is 4.57. The lowest BCUT2D eigenvalue weighted by Gasteiger charge is -2.30. The molecule has 1 atom stereocenters. The summed E-state index contributed by atoms with van der Waals surface area (Å²) in [5, 5.41) is 13.0. The van der Waals surface area contributed by atoms with Crippen LogP contribution in [-0.4, -0.2) is 16.6 Å². The van der Waals surface area contributed by atoms with E-state index in [1.807, 2.05) is 17.4 Å². The van der Waals surface area contributed by atoms with Gasteiger partial charge < -0.3 is 5.11 Å². The molecule has 3 rings (SSSR count). The van der Waals surface area contributed by atoms with Gasteiger partial charge in [-0.3, -0.25) is 4.90 Å². The Morgan fingerprint density at radius 1 is 1.27 bits per heavy atom. The number of halogens is 1. The van der Waals surface area contributed by atoms with Crippen LogP contribution in [0.15, 0.2) is 29.6 Å². The first-order valence-corrected chi connectivity index (χ1v) is 9.16. The molecule has 2 heterocycles. The molecule has 0 saturated carbocycles. The average molecular weight is 336 g/mol. The van der Waals surface area contributed by atoms with Gasteiger partial charge in [-0.2, -0.15) is 0 Å². The number of nitrogens with zero attached hydrogens (tertiary/aromatic N) is 1. The van der Waals surface area contributed by atoms with Crippen LogP contribution in [0, 0.1) is 6.92 Å². The molecule has 1 fully saturated rings. The minimum Gasteiger partial charge on any atom is -0.508 e. The van der Waals surface area contributed by atoms with Crippen LogP contribution in [0.3, 0.4) is 0 Å². The lowest BCUT2D eigenvalue weighted by molar-refractivity contribution is 0.193. The summed E-state index contributed by atoms with van der Waals surface area (Å²) >= 11 is 7.96. The number of aryl methyl sites for hydroxylation is 1. The average Bonchev–Trinajstić information content (AvgIpc) is 2.78. The van der Waals surface area contributed by atoms with Gasteiger partial charge in [-0.25, -0.2) is 0 Å². The normalized spacial score (nSPS) is 20.0. The Balaban J connectivity index is 1.88. The minimum absolute atomic E-state index is 0.343. The molecule has 0 spiro atoms. The molecule has 2 nitrogen and oxygen atoms in total. The zero-order chi connectivity index (χ0) is 15.5. The molecule has 1 aliphatic rings. The van der Waals surface area contributed by atoms with Gasteiger partial charge in [-0.15, -0.1) is 11.3 Å². The summed E-state index contributed by atoms with van der Waals surface area (Å²) in [5.41, 5.74) is 2.31. The minimum atomic E-state index is 0.343. The highest BCUT2D eigenvalue weighted by molar-refractivity contribution is 7.10. The molecule has 118 valence electrons. The highest BCUT2D eigenvalue weighted by atomic mass is 35.5. The molecule has 0 radical (unpaired) electrons. The van der Waals surface area contributed by atoms with Gasteiger partial charge in [0.15, 0.2) is 0 Å². The quantitative estimate of drug-likeness (QED) is 0.796. The number of hydrogen-bond donors (Lipinski definition) is 1. The van der Waals surface area contributed by atoms with Crippen LogP contribution in [0.2, 0.25) is 5.02 Å². The molecule has 0 bridgehead atoms. The van der Waals surface area contributed by atoms with Gasteiger partial charge in [0.2, 0.25) is 0 Å². The second kappa shape index (κ2) is 7.03. The van der Waals surface area contributed by atoms with E-state index < -0.39 is 0 Å². The predicted molar refractivity (Wildman–Crippen MR) is 93.8 cm³/mol. The van der Waals surface area contributed by atoms with Crippen LogP contribution >= 0.6 is 22.9 Å². The zero-order valence-corrected chi connectivity index (χ0v) is 14.5. The highest BCUT2D eigenvalue weighted by Gasteiger charge is 2.25. The van der Waals surface area contributed by atoms with Gasteiger partial charge in [0.25, 0.3) is 0 Å². The van der Waals surface area contributed by atoms with Crippen molar-refractivity contribution in [2.75, 3.05) is 6.54 Å². The molecule has 1 saturated heterocycles.